The van der Waals surface area contributed by atoms with Crippen molar-refractivity contribution in [2.24, 2.45) is 0 Å². The molecule has 1 aromatic carbocycles. The van der Waals surface area contributed by atoms with Crippen LogP contribution in [0.15, 0.2) is 35.4 Å². The monoisotopic (exact) mass is 296 g/mol. The Hall–Kier alpha value is -1.37. The number of hydroxylamine groups is 1. The van der Waals surface area contributed by atoms with Crippen molar-refractivity contribution in [3.05, 3.63) is 36.0 Å². The molecule has 1 N–H and O–H groups in total. The second-order valence-electron chi connectivity index (χ2n) is 4.69. The lowest BCUT2D eigenvalue weighted by Gasteiger charge is -2.25. The van der Waals surface area contributed by atoms with Crippen molar-refractivity contribution in [1.82, 2.24) is 9.79 Å². The van der Waals surface area contributed by atoms with E-state index in [1.54, 1.807) is 40.8 Å². The van der Waals surface area contributed by atoms with Gasteiger partial charge in [-0.25, -0.2) is 8.42 Å². The zero-order valence-electron chi connectivity index (χ0n) is 11.6. The molecule has 1 aliphatic rings. The molecule has 0 atom stereocenters. The predicted molar refractivity (Wildman–Crippen MR) is 78.2 cm³/mol. The number of piperidine rings is 1. The normalized spacial score (nSPS) is 17.4. The molecule has 1 saturated heterocycles. The molecule has 6 heteroatoms. The average molecular weight is 296 g/mol. The van der Waals surface area contributed by atoms with Crippen molar-refractivity contribution in [3.8, 4) is 0 Å². The molecule has 5 nitrogen and oxygen atoms in total. The Morgan fingerprint density at radius 2 is 1.80 bits per heavy atom. The Morgan fingerprint density at radius 1 is 1.15 bits per heavy atom. The molecule has 1 fully saturated rings. The third kappa shape index (κ3) is 3.59. The van der Waals surface area contributed by atoms with Crippen LogP contribution in [0.5, 0.6) is 0 Å². The average Bonchev–Trinajstić information content (AvgIpc) is 2.49. The van der Waals surface area contributed by atoms with Gasteiger partial charge in [-0.2, -0.15) is 4.31 Å². The Balaban J connectivity index is 2.12. The fourth-order valence-electron chi connectivity index (χ4n) is 2.20. The van der Waals surface area contributed by atoms with E-state index >= 15 is 0 Å². The van der Waals surface area contributed by atoms with Crippen molar-refractivity contribution < 1.29 is 13.3 Å². The first-order chi connectivity index (χ1) is 9.64. The van der Waals surface area contributed by atoms with E-state index in [1.807, 2.05) is 0 Å². The summed E-state index contributed by atoms with van der Waals surface area (Å²) in [6.45, 7) is 1.25. The summed E-state index contributed by atoms with van der Waals surface area (Å²) >= 11 is 0. The molecule has 1 aliphatic heterocycles. The van der Waals surface area contributed by atoms with Gasteiger partial charge in [-0.3, -0.25) is 10.3 Å². The van der Waals surface area contributed by atoms with Crippen LogP contribution in [0.25, 0.3) is 6.08 Å². The number of rotatable bonds is 5. The van der Waals surface area contributed by atoms with Crippen LogP contribution in [0.2, 0.25) is 0 Å². The van der Waals surface area contributed by atoms with Gasteiger partial charge < -0.3 is 0 Å². The van der Waals surface area contributed by atoms with Crippen LogP contribution in [0.1, 0.15) is 24.8 Å². The quantitative estimate of drug-likeness (QED) is 0.844. The fraction of sp³-hybridized carbons (Fsp3) is 0.429. The summed E-state index contributed by atoms with van der Waals surface area (Å²) in [6.07, 6.45) is 6.46. The molecular weight excluding hydrogens is 276 g/mol. The van der Waals surface area contributed by atoms with Gasteiger partial charge in [-0.1, -0.05) is 18.6 Å². The van der Waals surface area contributed by atoms with Gasteiger partial charge in [0.15, 0.2) is 0 Å². The summed E-state index contributed by atoms with van der Waals surface area (Å²) in [6, 6.07) is 6.86. The lowest BCUT2D eigenvalue weighted by Crippen LogP contribution is -2.35. The third-order valence-electron chi connectivity index (χ3n) is 3.29. The van der Waals surface area contributed by atoms with Crippen LogP contribution in [0.3, 0.4) is 0 Å². The van der Waals surface area contributed by atoms with Gasteiger partial charge in [0, 0.05) is 19.3 Å². The number of nitrogens with one attached hydrogen (secondary N) is 1. The van der Waals surface area contributed by atoms with Gasteiger partial charge >= 0.3 is 0 Å². The Kier molecular flexibility index (Phi) is 5.17. The molecule has 0 radical (unpaired) electrons. The standard InChI is InChI=1S/C14H20N2O3S/c1-19-15-10-9-13-5-7-14(8-6-13)20(17,18)16-11-3-2-4-12-16/h5-10,15H,2-4,11-12H2,1H3. The molecule has 0 unspecified atom stereocenters. The van der Waals surface area contributed by atoms with Gasteiger partial charge in [0.1, 0.15) is 0 Å². The van der Waals surface area contributed by atoms with E-state index in [9.17, 15) is 8.42 Å². The highest BCUT2D eigenvalue weighted by molar-refractivity contribution is 7.89. The Labute approximate surface area is 120 Å². The number of hydrogen-bond acceptors (Lipinski definition) is 4. The summed E-state index contributed by atoms with van der Waals surface area (Å²) in [5, 5.41) is 0. The van der Waals surface area contributed by atoms with E-state index in [4.69, 9.17) is 0 Å². The first kappa shape index (κ1) is 15.0. The first-order valence-electron chi connectivity index (χ1n) is 6.70. The Morgan fingerprint density at radius 3 is 2.40 bits per heavy atom. The van der Waals surface area contributed by atoms with Crippen molar-refractivity contribution >= 4 is 16.1 Å². The van der Waals surface area contributed by atoms with Gasteiger partial charge in [0.05, 0.1) is 12.0 Å². The molecule has 0 spiro atoms. The zero-order chi connectivity index (χ0) is 14.4. The molecule has 0 aliphatic carbocycles. The predicted octanol–water partition coefficient (Wildman–Crippen LogP) is 1.98. The molecule has 110 valence electrons. The second-order valence-corrected chi connectivity index (χ2v) is 6.63. The number of benzene rings is 1. The minimum absolute atomic E-state index is 0.358. The van der Waals surface area contributed by atoms with Crippen molar-refractivity contribution in [2.75, 3.05) is 20.2 Å². The minimum atomic E-state index is -3.34. The lowest BCUT2D eigenvalue weighted by atomic mass is 10.2. The van der Waals surface area contributed by atoms with Crippen molar-refractivity contribution in [3.63, 3.8) is 0 Å². The second kappa shape index (κ2) is 6.88. The molecule has 2 rings (SSSR count). The molecular formula is C14H20N2O3S. The minimum Gasteiger partial charge on any atom is -0.280 e. The number of nitrogens with zero attached hydrogens (tertiary/aromatic N) is 1. The maximum Gasteiger partial charge on any atom is 0.243 e. The van der Waals surface area contributed by atoms with Crippen LogP contribution in [-0.4, -0.2) is 32.9 Å². The SMILES string of the molecule is CONC=Cc1ccc(S(=O)(=O)N2CCCCC2)cc1. The van der Waals surface area contributed by atoms with Crippen LogP contribution < -0.4 is 5.48 Å². The molecule has 1 heterocycles. The Bertz CT molecular complexity index is 546. The van der Waals surface area contributed by atoms with Gasteiger partial charge in [-0.05, 0) is 36.6 Å². The molecule has 1 aromatic rings. The van der Waals surface area contributed by atoms with E-state index in [-0.39, 0.29) is 0 Å². The lowest BCUT2D eigenvalue weighted by molar-refractivity contribution is 0.129. The third-order valence-corrected chi connectivity index (χ3v) is 5.21. The summed E-state index contributed by atoms with van der Waals surface area (Å²) < 4.78 is 26.4. The van der Waals surface area contributed by atoms with E-state index < -0.39 is 10.0 Å². The molecule has 0 bridgehead atoms. The van der Waals surface area contributed by atoms with Gasteiger partial charge in [0.2, 0.25) is 10.0 Å². The summed E-state index contributed by atoms with van der Waals surface area (Å²) in [5.41, 5.74) is 3.50. The van der Waals surface area contributed by atoms with Gasteiger partial charge in [-0.15, -0.1) is 0 Å². The summed E-state index contributed by atoms with van der Waals surface area (Å²) in [4.78, 5) is 5.04. The first-order valence-corrected chi connectivity index (χ1v) is 8.14. The maximum atomic E-state index is 12.4. The largest absolute Gasteiger partial charge is 0.280 e. The zero-order valence-corrected chi connectivity index (χ0v) is 12.4. The highest BCUT2D eigenvalue weighted by atomic mass is 32.2. The van der Waals surface area contributed by atoms with E-state index in [2.05, 4.69) is 10.3 Å². The number of sulfonamides is 1. The van der Waals surface area contributed by atoms with E-state index in [0.717, 1.165) is 24.8 Å². The highest BCUT2D eigenvalue weighted by Gasteiger charge is 2.25. The summed E-state index contributed by atoms with van der Waals surface area (Å²) in [5.74, 6) is 0. The maximum absolute atomic E-state index is 12.4. The highest BCUT2D eigenvalue weighted by Crippen LogP contribution is 2.21. The van der Waals surface area contributed by atoms with Crippen LogP contribution in [-0.2, 0) is 14.9 Å². The molecule has 0 aromatic heterocycles. The fourth-order valence-corrected chi connectivity index (χ4v) is 3.72. The van der Waals surface area contributed by atoms with Crippen molar-refractivity contribution in [1.29, 1.82) is 0 Å². The van der Waals surface area contributed by atoms with Crippen molar-refractivity contribution in [2.45, 2.75) is 24.2 Å². The van der Waals surface area contributed by atoms with Crippen LogP contribution in [0, 0.1) is 0 Å². The topological polar surface area (TPSA) is 58.6 Å². The number of hydrogen-bond donors (Lipinski definition) is 1. The van der Waals surface area contributed by atoms with Gasteiger partial charge in [0.25, 0.3) is 0 Å². The van der Waals surface area contributed by atoms with Crippen LogP contribution in [0.4, 0.5) is 0 Å². The molecule has 0 amide bonds. The van der Waals surface area contributed by atoms with E-state index in [1.165, 1.54) is 7.11 Å². The summed E-state index contributed by atoms with van der Waals surface area (Å²) in [7, 11) is -1.81. The smallest absolute Gasteiger partial charge is 0.243 e. The molecule has 20 heavy (non-hydrogen) atoms. The molecule has 0 saturated carbocycles. The van der Waals surface area contributed by atoms with E-state index in [0.29, 0.717) is 18.0 Å². The van der Waals surface area contributed by atoms with Crippen LogP contribution >= 0.6 is 0 Å².